The molecule has 3 heteroatoms. The highest BCUT2D eigenvalue weighted by atomic mass is 16.1. The van der Waals surface area contributed by atoms with Crippen molar-refractivity contribution in [1.29, 1.82) is 0 Å². The number of allylic oxidation sites excluding steroid dienone is 4. The fourth-order valence-electron chi connectivity index (χ4n) is 6.71. The van der Waals surface area contributed by atoms with Crippen molar-refractivity contribution < 1.29 is 4.79 Å². The van der Waals surface area contributed by atoms with Crippen LogP contribution >= 0.6 is 0 Å². The van der Waals surface area contributed by atoms with Gasteiger partial charge in [0.05, 0.1) is 0 Å². The molecule has 1 N–H and O–H groups in total. The molecule has 1 unspecified atom stereocenters. The second-order valence-corrected chi connectivity index (χ2v) is 14.4. The standard InChI is InChI=1S/C42H78N2O/c1-4-6-8-10-12-14-16-18-20-22-24-26-28-30-32-34-40-42(3,36-38-43-40)37-39-44-41(45)35-33-31-29-27-25-23-21-19-17-15-13-11-9-7-5-2/h16,18,23,25H,4-15,17,19-22,24,26-39H2,1-3H3,(H,44,45)/b18-16+,25-23+. The topological polar surface area (TPSA) is 41.5 Å². The van der Waals surface area contributed by atoms with Gasteiger partial charge in [-0.2, -0.15) is 0 Å². The molecule has 0 saturated carbocycles. The van der Waals surface area contributed by atoms with E-state index in [0.29, 0.717) is 6.42 Å². The maximum Gasteiger partial charge on any atom is 0.219 e. The van der Waals surface area contributed by atoms with Crippen molar-refractivity contribution in [2.75, 3.05) is 13.1 Å². The monoisotopic (exact) mass is 627 g/mol. The van der Waals surface area contributed by atoms with Crippen molar-refractivity contribution in [3.05, 3.63) is 24.3 Å². The first-order valence-corrected chi connectivity index (χ1v) is 20.2. The van der Waals surface area contributed by atoms with Gasteiger partial charge in [-0.25, -0.2) is 0 Å². The van der Waals surface area contributed by atoms with Crippen LogP contribution in [0.4, 0.5) is 0 Å². The summed E-state index contributed by atoms with van der Waals surface area (Å²) in [4.78, 5) is 17.3. The summed E-state index contributed by atoms with van der Waals surface area (Å²) in [5.41, 5.74) is 1.61. The van der Waals surface area contributed by atoms with Crippen LogP contribution in [0, 0.1) is 5.41 Å². The van der Waals surface area contributed by atoms with Gasteiger partial charge in [0.2, 0.25) is 5.91 Å². The molecule has 0 spiro atoms. The average molecular weight is 627 g/mol. The Kier molecular flexibility index (Phi) is 28.9. The van der Waals surface area contributed by atoms with E-state index in [1.807, 2.05) is 0 Å². The van der Waals surface area contributed by atoms with Gasteiger partial charge in [0.25, 0.3) is 0 Å². The second kappa shape index (κ2) is 31.2. The van der Waals surface area contributed by atoms with Crippen LogP contribution in [0.1, 0.15) is 213 Å². The number of amides is 1. The van der Waals surface area contributed by atoms with Crippen LogP contribution < -0.4 is 5.32 Å². The van der Waals surface area contributed by atoms with Crippen LogP contribution in [0.25, 0.3) is 0 Å². The molecule has 0 fully saturated rings. The quantitative estimate of drug-likeness (QED) is 0.0571. The van der Waals surface area contributed by atoms with Gasteiger partial charge >= 0.3 is 0 Å². The minimum atomic E-state index is 0.191. The summed E-state index contributed by atoms with van der Waals surface area (Å²) in [5, 5.41) is 3.21. The van der Waals surface area contributed by atoms with Crippen molar-refractivity contribution in [3.63, 3.8) is 0 Å². The van der Waals surface area contributed by atoms with Gasteiger partial charge < -0.3 is 5.32 Å². The highest BCUT2D eigenvalue weighted by Gasteiger charge is 2.33. The fourth-order valence-corrected chi connectivity index (χ4v) is 6.71. The number of nitrogens with one attached hydrogen (secondary N) is 1. The van der Waals surface area contributed by atoms with Crippen LogP contribution in [0.2, 0.25) is 0 Å². The maximum absolute atomic E-state index is 12.4. The Labute approximate surface area is 282 Å². The Morgan fingerprint density at radius 2 is 1.04 bits per heavy atom. The van der Waals surface area contributed by atoms with E-state index in [9.17, 15) is 4.79 Å². The Morgan fingerprint density at radius 3 is 1.53 bits per heavy atom. The van der Waals surface area contributed by atoms with Gasteiger partial charge in [-0.1, -0.05) is 148 Å². The van der Waals surface area contributed by atoms with Gasteiger partial charge in [0, 0.05) is 30.6 Å². The van der Waals surface area contributed by atoms with E-state index < -0.39 is 0 Å². The molecule has 1 rings (SSSR count). The summed E-state index contributed by atoms with van der Waals surface area (Å²) in [6.45, 7) is 8.72. The minimum Gasteiger partial charge on any atom is -0.356 e. The number of hydrogen-bond acceptors (Lipinski definition) is 2. The van der Waals surface area contributed by atoms with E-state index in [4.69, 9.17) is 4.99 Å². The summed E-state index contributed by atoms with van der Waals surface area (Å²) in [7, 11) is 0. The number of aliphatic imine (C=N–C) groups is 1. The number of rotatable bonds is 33. The van der Waals surface area contributed by atoms with Crippen LogP contribution in [0.5, 0.6) is 0 Å². The molecular formula is C42H78N2O. The molecule has 0 bridgehead atoms. The average Bonchev–Trinajstić information content (AvgIpc) is 3.40. The number of carbonyl (C=O) groups excluding carboxylic acids is 1. The first-order chi connectivity index (χ1) is 22.1. The van der Waals surface area contributed by atoms with E-state index >= 15 is 0 Å². The lowest BCUT2D eigenvalue weighted by Crippen LogP contribution is -2.32. The third kappa shape index (κ3) is 25.4. The molecule has 262 valence electrons. The molecule has 1 heterocycles. The largest absolute Gasteiger partial charge is 0.356 e. The second-order valence-electron chi connectivity index (χ2n) is 14.4. The molecule has 0 aliphatic carbocycles. The Balaban J connectivity index is 1.95. The van der Waals surface area contributed by atoms with Crippen molar-refractivity contribution in [2.45, 2.75) is 213 Å². The number of nitrogens with zero attached hydrogens (tertiary/aromatic N) is 1. The predicted octanol–water partition coefficient (Wildman–Crippen LogP) is 13.4. The summed E-state index contributed by atoms with van der Waals surface area (Å²) in [6.07, 6.45) is 48.0. The molecule has 1 aliphatic heterocycles. The van der Waals surface area contributed by atoms with Gasteiger partial charge in [0.1, 0.15) is 0 Å². The molecule has 0 radical (unpaired) electrons. The highest BCUT2D eigenvalue weighted by Crippen LogP contribution is 2.35. The Hall–Kier alpha value is -1.38. The van der Waals surface area contributed by atoms with Crippen LogP contribution in [0.15, 0.2) is 29.3 Å². The molecule has 0 saturated heterocycles. The third-order valence-corrected chi connectivity index (χ3v) is 10.0. The normalized spacial score (nSPS) is 16.7. The fraction of sp³-hybridized carbons (Fsp3) is 0.857. The predicted molar refractivity (Wildman–Crippen MR) is 202 cm³/mol. The smallest absolute Gasteiger partial charge is 0.219 e. The molecule has 0 aromatic rings. The van der Waals surface area contributed by atoms with Crippen molar-refractivity contribution in [3.8, 4) is 0 Å². The molecule has 3 nitrogen and oxygen atoms in total. The minimum absolute atomic E-state index is 0.191. The van der Waals surface area contributed by atoms with E-state index in [2.05, 4.69) is 50.4 Å². The van der Waals surface area contributed by atoms with E-state index in [1.165, 1.54) is 153 Å². The van der Waals surface area contributed by atoms with Gasteiger partial charge in [0.15, 0.2) is 0 Å². The zero-order valence-corrected chi connectivity index (χ0v) is 30.8. The SMILES string of the molecule is CCCCCCC/C=C/CCCCCCCCC1=NCCC1(C)CCNC(=O)CCCCC/C=C/CCCCCCCCCC. The summed E-state index contributed by atoms with van der Waals surface area (Å²) >= 11 is 0. The molecule has 45 heavy (non-hydrogen) atoms. The number of unbranched alkanes of at least 4 members (excludes halogenated alkanes) is 22. The molecule has 1 atom stereocenters. The van der Waals surface area contributed by atoms with E-state index in [-0.39, 0.29) is 11.3 Å². The lowest BCUT2D eigenvalue weighted by atomic mass is 9.78. The molecule has 0 aromatic carbocycles. The van der Waals surface area contributed by atoms with E-state index in [1.54, 1.807) is 0 Å². The van der Waals surface area contributed by atoms with Gasteiger partial charge in [-0.3, -0.25) is 9.79 Å². The number of hydrogen-bond donors (Lipinski definition) is 1. The van der Waals surface area contributed by atoms with Crippen LogP contribution in [-0.4, -0.2) is 24.7 Å². The van der Waals surface area contributed by atoms with Gasteiger partial charge in [-0.15, -0.1) is 0 Å². The third-order valence-electron chi connectivity index (χ3n) is 10.0. The molecule has 1 amide bonds. The lowest BCUT2D eigenvalue weighted by Gasteiger charge is -2.26. The first-order valence-electron chi connectivity index (χ1n) is 20.2. The van der Waals surface area contributed by atoms with Crippen molar-refractivity contribution >= 4 is 11.6 Å². The van der Waals surface area contributed by atoms with Crippen molar-refractivity contribution in [2.24, 2.45) is 10.4 Å². The highest BCUT2D eigenvalue weighted by molar-refractivity contribution is 5.91. The Bertz CT molecular complexity index is 754. The summed E-state index contributed by atoms with van der Waals surface area (Å²) in [6, 6.07) is 0. The van der Waals surface area contributed by atoms with Gasteiger partial charge in [-0.05, 0) is 83.5 Å². The molecule has 1 aliphatic rings. The Morgan fingerprint density at radius 1 is 0.622 bits per heavy atom. The number of carbonyl (C=O) groups is 1. The lowest BCUT2D eigenvalue weighted by molar-refractivity contribution is -0.121. The van der Waals surface area contributed by atoms with E-state index in [0.717, 1.165) is 51.6 Å². The van der Waals surface area contributed by atoms with Crippen LogP contribution in [0.3, 0.4) is 0 Å². The maximum atomic E-state index is 12.4. The summed E-state index contributed by atoms with van der Waals surface area (Å²) < 4.78 is 0. The van der Waals surface area contributed by atoms with Crippen molar-refractivity contribution in [1.82, 2.24) is 5.32 Å². The first kappa shape index (κ1) is 41.6. The van der Waals surface area contributed by atoms with Crippen LogP contribution in [-0.2, 0) is 4.79 Å². The molecule has 0 aromatic heterocycles. The molecular weight excluding hydrogens is 548 g/mol. The zero-order valence-electron chi connectivity index (χ0n) is 30.8. The summed E-state index contributed by atoms with van der Waals surface area (Å²) in [5.74, 6) is 0.234. The zero-order chi connectivity index (χ0) is 32.5.